The zero-order chi connectivity index (χ0) is 10.7. The van der Waals surface area contributed by atoms with E-state index in [0.29, 0.717) is 17.8 Å². The van der Waals surface area contributed by atoms with Crippen molar-refractivity contribution in [3.63, 3.8) is 0 Å². The molecule has 1 aromatic carbocycles. The minimum absolute atomic E-state index is 0.0852. The fourth-order valence-electron chi connectivity index (χ4n) is 1.19. The number of anilines is 1. The second-order valence-electron chi connectivity index (χ2n) is 3.03. The maximum Gasteiger partial charge on any atom is 0.251 e. The summed E-state index contributed by atoms with van der Waals surface area (Å²) < 4.78 is 0.821. The van der Waals surface area contributed by atoms with Crippen LogP contribution in [0.4, 0.5) is 5.69 Å². The number of carbonyl (C=O) groups is 1. The summed E-state index contributed by atoms with van der Waals surface area (Å²) in [6, 6.07) is 3.56. The fraction of sp³-hybridized carbons (Fsp3) is 0.300. The van der Waals surface area contributed by atoms with Gasteiger partial charge in [-0.2, -0.15) is 0 Å². The Hall–Kier alpha value is -1.03. The Bertz CT molecular complexity index is 363. The molecule has 1 amide bonds. The molecule has 0 spiro atoms. The van der Waals surface area contributed by atoms with E-state index in [9.17, 15) is 4.79 Å². The van der Waals surface area contributed by atoms with Gasteiger partial charge in [-0.15, -0.1) is 0 Å². The van der Waals surface area contributed by atoms with Gasteiger partial charge in [-0.05, 0) is 31.5 Å². The molecule has 3 nitrogen and oxygen atoms in total. The molecule has 3 N–H and O–H groups in total. The van der Waals surface area contributed by atoms with Crippen molar-refractivity contribution >= 4 is 27.5 Å². The molecule has 0 bridgehead atoms. The molecule has 1 rings (SSSR count). The van der Waals surface area contributed by atoms with E-state index in [4.69, 9.17) is 5.73 Å². The van der Waals surface area contributed by atoms with E-state index in [1.54, 1.807) is 12.1 Å². The Morgan fingerprint density at radius 2 is 2.21 bits per heavy atom. The predicted molar refractivity (Wildman–Crippen MR) is 61.3 cm³/mol. The predicted octanol–water partition coefficient (Wildman–Crippen LogP) is 2.09. The smallest absolute Gasteiger partial charge is 0.251 e. The van der Waals surface area contributed by atoms with Crippen molar-refractivity contribution in [2.75, 3.05) is 12.3 Å². The molecule has 0 aliphatic carbocycles. The summed E-state index contributed by atoms with van der Waals surface area (Å²) in [6.07, 6.45) is 0. The second kappa shape index (κ2) is 4.46. The van der Waals surface area contributed by atoms with Gasteiger partial charge in [-0.25, -0.2) is 0 Å². The number of hydrogen-bond donors (Lipinski definition) is 2. The molecule has 0 heterocycles. The summed E-state index contributed by atoms with van der Waals surface area (Å²) in [4.78, 5) is 11.6. The van der Waals surface area contributed by atoms with E-state index >= 15 is 0 Å². The van der Waals surface area contributed by atoms with Gasteiger partial charge < -0.3 is 11.1 Å². The monoisotopic (exact) mass is 256 g/mol. The SMILES string of the molecule is CCNC(=O)c1cc(Br)cc(N)c1C. The lowest BCUT2D eigenvalue weighted by Gasteiger charge is -2.08. The molecule has 1 aromatic rings. The van der Waals surface area contributed by atoms with Crippen LogP contribution in [0, 0.1) is 6.92 Å². The van der Waals surface area contributed by atoms with Crippen LogP contribution in [0.5, 0.6) is 0 Å². The number of halogens is 1. The zero-order valence-corrected chi connectivity index (χ0v) is 9.81. The molecular weight excluding hydrogens is 244 g/mol. The van der Waals surface area contributed by atoms with E-state index in [-0.39, 0.29) is 5.91 Å². The van der Waals surface area contributed by atoms with Gasteiger partial charge in [0.15, 0.2) is 0 Å². The lowest BCUT2D eigenvalue weighted by molar-refractivity contribution is 0.0955. The maximum atomic E-state index is 11.6. The maximum absolute atomic E-state index is 11.6. The first-order chi connectivity index (χ1) is 6.56. The standard InChI is InChI=1S/C10H13BrN2O/c1-3-13-10(14)8-4-7(11)5-9(12)6(8)2/h4-5H,3,12H2,1-2H3,(H,13,14). The van der Waals surface area contributed by atoms with Crippen molar-refractivity contribution < 1.29 is 4.79 Å². The number of hydrogen-bond acceptors (Lipinski definition) is 2. The minimum atomic E-state index is -0.0852. The minimum Gasteiger partial charge on any atom is -0.398 e. The van der Waals surface area contributed by atoms with E-state index < -0.39 is 0 Å². The molecule has 0 saturated heterocycles. The van der Waals surface area contributed by atoms with Crippen molar-refractivity contribution in [1.82, 2.24) is 5.32 Å². The van der Waals surface area contributed by atoms with Crippen LogP contribution in [-0.4, -0.2) is 12.5 Å². The van der Waals surface area contributed by atoms with Crippen LogP contribution < -0.4 is 11.1 Å². The van der Waals surface area contributed by atoms with Crippen LogP contribution in [0.15, 0.2) is 16.6 Å². The summed E-state index contributed by atoms with van der Waals surface area (Å²) >= 11 is 3.31. The normalized spacial score (nSPS) is 9.93. The van der Waals surface area contributed by atoms with Crippen molar-refractivity contribution in [1.29, 1.82) is 0 Å². The Morgan fingerprint density at radius 1 is 1.57 bits per heavy atom. The van der Waals surface area contributed by atoms with Gasteiger partial charge in [-0.3, -0.25) is 4.79 Å². The zero-order valence-electron chi connectivity index (χ0n) is 8.23. The molecule has 0 aliphatic heterocycles. The second-order valence-corrected chi connectivity index (χ2v) is 3.94. The van der Waals surface area contributed by atoms with Crippen LogP contribution in [0.3, 0.4) is 0 Å². The third-order valence-corrected chi connectivity index (χ3v) is 2.45. The number of rotatable bonds is 2. The first-order valence-electron chi connectivity index (χ1n) is 4.40. The molecule has 0 unspecified atom stereocenters. The lowest BCUT2D eigenvalue weighted by Crippen LogP contribution is -2.23. The highest BCUT2D eigenvalue weighted by Crippen LogP contribution is 2.22. The number of benzene rings is 1. The highest BCUT2D eigenvalue weighted by atomic mass is 79.9. The number of amides is 1. The first kappa shape index (κ1) is 11.0. The Balaban J connectivity index is 3.13. The van der Waals surface area contributed by atoms with Crippen molar-refractivity contribution in [3.8, 4) is 0 Å². The molecule has 0 fully saturated rings. The molecule has 0 radical (unpaired) electrons. The molecule has 0 saturated carbocycles. The lowest BCUT2D eigenvalue weighted by atomic mass is 10.1. The summed E-state index contributed by atoms with van der Waals surface area (Å²) in [7, 11) is 0. The largest absolute Gasteiger partial charge is 0.398 e. The molecule has 0 atom stereocenters. The van der Waals surface area contributed by atoms with Crippen molar-refractivity contribution in [3.05, 3.63) is 27.7 Å². The van der Waals surface area contributed by atoms with Crippen LogP contribution >= 0.6 is 15.9 Å². The number of carbonyl (C=O) groups excluding carboxylic acids is 1. The quantitative estimate of drug-likeness (QED) is 0.797. The summed E-state index contributed by atoms with van der Waals surface area (Å²) in [5.74, 6) is -0.0852. The van der Waals surface area contributed by atoms with Gasteiger partial charge in [0.1, 0.15) is 0 Å². The van der Waals surface area contributed by atoms with Gasteiger partial charge in [-0.1, -0.05) is 15.9 Å². The fourth-order valence-corrected chi connectivity index (χ4v) is 1.67. The third kappa shape index (κ3) is 2.26. The first-order valence-corrected chi connectivity index (χ1v) is 5.19. The highest BCUT2D eigenvalue weighted by molar-refractivity contribution is 9.10. The van der Waals surface area contributed by atoms with Crippen LogP contribution in [-0.2, 0) is 0 Å². The summed E-state index contributed by atoms with van der Waals surface area (Å²) in [5.41, 5.74) is 7.81. The third-order valence-electron chi connectivity index (χ3n) is 1.99. The molecule has 4 heteroatoms. The van der Waals surface area contributed by atoms with Crippen LogP contribution in [0.1, 0.15) is 22.8 Å². The molecule has 14 heavy (non-hydrogen) atoms. The van der Waals surface area contributed by atoms with E-state index in [1.165, 1.54) is 0 Å². The van der Waals surface area contributed by atoms with Gasteiger partial charge in [0.2, 0.25) is 0 Å². The number of nitrogens with two attached hydrogens (primary N) is 1. The highest BCUT2D eigenvalue weighted by Gasteiger charge is 2.10. The summed E-state index contributed by atoms with van der Waals surface area (Å²) in [6.45, 7) is 4.34. The number of nitrogen functional groups attached to an aromatic ring is 1. The molecular formula is C10H13BrN2O. The number of nitrogens with one attached hydrogen (secondary N) is 1. The summed E-state index contributed by atoms with van der Waals surface area (Å²) in [5, 5.41) is 2.74. The van der Waals surface area contributed by atoms with Gasteiger partial charge in [0, 0.05) is 22.3 Å². The molecule has 76 valence electrons. The average Bonchev–Trinajstić information content (AvgIpc) is 2.11. The molecule has 0 aliphatic rings. The van der Waals surface area contributed by atoms with E-state index in [0.717, 1.165) is 10.0 Å². The van der Waals surface area contributed by atoms with Gasteiger partial charge >= 0.3 is 0 Å². The molecule has 0 aromatic heterocycles. The van der Waals surface area contributed by atoms with Crippen LogP contribution in [0.25, 0.3) is 0 Å². The van der Waals surface area contributed by atoms with E-state index in [2.05, 4.69) is 21.2 Å². The Morgan fingerprint density at radius 3 is 2.79 bits per heavy atom. The van der Waals surface area contributed by atoms with E-state index in [1.807, 2.05) is 13.8 Å². The van der Waals surface area contributed by atoms with Crippen molar-refractivity contribution in [2.45, 2.75) is 13.8 Å². The topological polar surface area (TPSA) is 55.1 Å². The average molecular weight is 257 g/mol. The van der Waals surface area contributed by atoms with Crippen LogP contribution in [0.2, 0.25) is 0 Å². The van der Waals surface area contributed by atoms with Gasteiger partial charge in [0.05, 0.1) is 0 Å². The van der Waals surface area contributed by atoms with Crippen molar-refractivity contribution in [2.24, 2.45) is 0 Å². The Labute approximate surface area is 91.8 Å². The Kier molecular flexibility index (Phi) is 3.52. The van der Waals surface area contributed by atoms with Gasteiger partial charge in [0.25, 0.3) is 5.91 Å².